The molecule has 0 aromatic carbocycles. The molecule has 0 aliphatic carbocycles. The van der Waals surface area contributed by atoms with E-state index in [1.54, 1.807) is 7.11 Å². The van der Waals surface area contributed by atoms with Gasteiger partial charge in [0.05, 0.1) is 6.61 Å². The minimum atomic E-state index is 0.766. The molecule has 3 heteroatoms. The molecule has 1 heterocycles. The van der Waals surface area contributed by atoms with Gasteiger partial charge in [-0.15, -0.1) is 0 Å². The number of aromatic nitrogens is 2. The Morgan fingerprint density at radius 1 is 1.67 bits per heavy atom. The van der Waals surface area contributed by atoms with Gasteiger partial charge in [0, 0.05) is 7.11 Å². The second-order valence-corrected chi connectivity index (χ2v) is 1.84. The van der Waals surface area contributed by atoms with Crippen LogP contribution in [-0.2, 0) is 11.3 Å². The number of ether oxygens (including phenoxy) is 1. The van der Waals surface area contributed by atoms with Gasteiger partial charge in [0.15, 0.2) is 0 Å². The van der Waals surface area contributed by atoms with E-state index < -0.39 is 0 Å². The van der Waals surface area contributed by atoms with E-state index in [2.05, 4.69) is 4.98 Å². The van der Waals surface area contributed by atoms with Crippen molar-refractivity contribution in [3.8, 4) is 0 Å². The van der Waals surface area contributed by atoms with E-state index in [1.165, 1.54) is 0 Å². The zero-order valence-corrected chi connectivity index (χ0v) is 5.50. The lowest BCUT2D eigenvalue weighted by Crippen LogP contribution is -2.32. The number of hydrogen-bond acceptors (Lipinski definition) is 1. The summed E-state index contributed by atoms with van der Waals surface area (Å²) < 4.78 is 6.91. The van der Waals surface area contributed by atoms with Crippen LogP contribution in [0.3, 0.4) is 0 Å². The van der Waals surface area contributed by atoms with Crippen molar-refractivity contribution in [3.63, 3.8) is 0 Å². The summed E-state index contributed by atoms with van der Waals surface area (Å²) >= 11 is 0. The largest absolute Gasteiger partial charge is 0.381 e. The van der Waals surface area contributed by atoms with Gasteiger partial charge in [-0.25, -0.2) is 4.57 Å². The van der Waals surface area contributed by atoms with E-state index in [4.69, 9.17) is 4.74 Å². The van der Waals surface area contributed by atoms with Gasteiger partial charge in [-0.3, -0.25) is 4.98 Å². The van der Waals surface area contributed by atoms with Crippen molar-refractivity contribution in [3.05, 3.63) is 18.7 Å². The van der Waals surface area contributed by atoms with Crippen molar-refractivity contribution < 1.29 is 9.30 Å². The molecule has 0 unspecified atom stereocenters. The quantitative estimate of drug-likeness (QED) is 0.566. The van der Waals surface area contributed by atoms with E-state index >= 15 is 0 Å². The molecule has 1 N–H and O–H groups in total. The predicted octanol–water partition coefficient (Wildman–Crippen LogP) is -0.0514. The third kappa shape index (κ3) is 1.85. The molecule has 1 aromatic heterocycles. The topological polar surface area (TPSA) is 28.9 Å². The van der Waals surface area contributed by atoms with Crippen molar-refractivity contribution in [1.82, 2.24) is 4.98 Å². The molecule has 3 nitrogen and oxygen atoms in total. The van der Waals surface area contributed by atoms with E-state index in [0.29, 0.717) is 0 Å². The minimum absolute atomic E-state index is 0.766. The molecule has 0 spiro atoms. The highest BCUT2D eigenvalue weighted by Crippen LogP contribution is 1.70. The van der Waals surface area contributed by atoms with Gasteiger partial charge in [0.25, 0.3) is 0 Å². The molecule has 50 valence electrons. The lowest BCUT2D eigenvalue weighted by molar-refractivity contribution is -0.697. The molecule has 0 amide bonds. The maximum absolute atomic E-state index is 4.88. The van der Waals surface area contributed by atoms with Crippen LogP contribution in [0.2, 0.25) is 0 Å². The van der Waals surface area contributed by atoms with Gasteiger partial charge < -0.3 is 4.74 Å². The highest BCUT2D eigenvalue weighted by atomic mass is 16.5. The van der Waals surface area contributed by atoms with Crippen LogP contribution in [0.1, 0.15) is 0 Å². The van der Waals surface area contributed by atoms with Crippen LogP contribution < -0.4 is 4.57 Å². The zero-order chi connectivity index (χ0) is 6.53. The number of H-pyrrole nitrogens is 1. The molecular formula is C6H11N2O+. The smallest absolute Gasteiger partial charge is 0.241 e. The van der Waals surface area contributed by atoms with Crippen molar-refractivity contribution in [2.45, 2.75) is 6.54 Å². The third-order valence-electron chi connectivity index (χ3n) is 1.16. The van der Waals surface area contributed by atoms with E-state index in [9.17, 15) is 0 Å². The Kier molecular flexibility index (Phi) is 2.27. The lowest BCUT2D eigenvalue weighted by Gasteiger charge is -1.91. The minimum Gasteiger partial charge on any atom is -0.381 e. The molecular weight excluding hydrogens is 116 g/mol. The number of aromatic amines is 1. The second-order valence-electron chi connectivity index (χ2n) is 1.84. The van der Waals surface area contributed by atoms with E-state index in [1.807, 2.05) is 23.3 Å². The first kappa shape index (κ1) is 6.29. The fourth-order valence-corrected chi connectivity index (χ4v) is 0.656. The van der Waals surface area contributed by atoms with Gasteiger partial charge in [0.2, 0.25) is 6.33 Å². The first-order valence-corrected chi connectivity index (χ1v) is 2.94. The molecule has 0 radical (unpaired) electrons. The van der Waals surface area contributed by atoms with Crippen LogP contribution >= 0.6 is 0 Å². The van der Waals surface area contributed by atoms with Crippen molar-refractivity contribution >= 4 is 0 Å². The summed E-state index contributed by atoms with van der Waals surface area (Å²) in [5.41, 5.74) is 0. The predicted molar refractivity (Wildman–Crippen MR) is 32.9 cm³/mol. The summed E-state index contributed by atoms with van der Waals surface area (Å²) in [7, 11) is 1.70. The number of nitrogens with zero attached hydrogens (tertiary/aromatic N) is 1. The Hall–Kier alpha value is -0.830. The molecule has 1 rings (SSSR count). The van der Waals surface area contributed by atoms with Crippen LogP contribution in [0.5, 0.6) is 0 Å². The SMILES string of the molecule is COCC[n+]1cc[nH]c1. The van der Waals surface area contributed by atoms with Crippen molar-refractivity contribution in [2.24, 2.45) is 0 Å². The zero-order valence-electron chi connectivity index (χ0n) is 5.50. The van der Waals surface area contributed by atoms with Gasteiger partial charge in [-0.05, 0) is 0 Å². The second kappa shape index (κ2) is 3.25. The van der Waals surface area contributed by atoms with Crippen LogP contribution in [0.15, 0.2) is 18.7 Å². The first-order valence-electron chi connectivity index (χ1n) is 2.94. The number of nitrogens with one attached hydrogen (secondary N) is 1. The van der Waals surface area contributed by atoms with E-state index in [0.717, 1.165) is 13.2 Å². The number of hydrogen-bond donors (Lipinski definition) is 1. The van der Waals surface area contributed by atoms with Crippen LogP contribution in [0.4, 0.5) is 0 Å². The maximum atomic E-state index is 4.88. The normalized spacial score (nSPS) is 9.89. The van der Waals surface area contributed by atoms with Gasteiger partial charge in [-0.2, -0.15) is 0 Å². The molecule has 0 atom stereocenters. The fraction of sp³-hybridized carbons (Fsp3) is 0.500. The van der Waals surface area contributed by atoms with Crippen LogP contribution in [0, 0.1) is 0 Å². The van der Waals surface area contributed by atoms with Crippen LogP contribution in [-0.4, -0.2) is 18.7 Å². The third-order valence-corrected chi connectivity index (χ3v) is 1.16. The summed E-state index contributed by atoms with van der Waals surface area (Å²) in [5, 5.41) is 0. The molecule has 0 bridgehead atoms. The fourth-order valence-electron chi connectivity index (χ4n) is 0.656. The highest BCUT2D eigenvalue weighted by molar-refractivity contribution is 4.55. The standard InChI is InChI=1S/C6H10N2O/c1-9-5-4-8-3-2-7-6-8/h2-3,6H,4-5H2,1H3/p+1. The monoisotopic (exact) mass is 127 g/mol. The summed E-state index contributed by atoms with van der Waals surface area (Å²) in [4.78, 5) is 2.95. The Balaban J connectivity index is 2.30. The highest BCUT2D eigenvalue weighted by Gasteiger charge is 1.92. The Morgan fingerprint density at radius 3 is 3.11 bits per heavy atom. The Morgan fingerprint density at radius 2 is 2.56 bits per heavy atom. The van der Waals surface area contributed by atoms with Crippen molar-refractivity contribution in [1.29, 1.82) is 0 Å². The number of imidazole rings is 1. The van der Waals surface area contributed by atoms with Gasteiger partial charge >= 0.3 is 0 Å². The number of methoxy groups -OCH3 is 1. The molecule has 0 aliphatic heterocycles. The summed E-state index contributed by atoms with van der Waals surface area (Å²) in [6.07, 6.45) is 5.76. The Labute approximate surface area is 54.3 Å². The maximum Gasteiger partial charge on any atom is 0.241 e. The van der Waals surface area contributed by atoms with E-state index in [-0.39, 0.29) is 0 Å². The van der Waals surface area contributed by atoms with Crippen LogP contribution in [0.25, 0.3) is 0 Å². The average Bonchev–Trinajstić information content (AvgIpc) is 2.34. The molecule has 0 saturated heterocycles. The molecule has 1 aromatic rings. The average molecular weight is 127 g/mol. The molecule has 0 fully saturated rings. The summed E-state index contributed by atoms with van der Waals surface area (Å²) in [5.74, 6) is 0. The summed E-state index contributed by atoms with van der Waals surface area (Å²) in [6, 6.07) is 0. The molecule has 0 saturated carbocycles. The number of rotatable bonds is 3. The molecule has 9 heavy (non-hydrogen) atoms. The lowest BCUT2D eigenvalue weighted by atomic mass is 10.7. The first-order chi connectivity index (χ1) is 4.43. The molecule has 0 aliphatic rings. The van der Waals surface area contributed by atoms with Crippen molar-refractivity contribution in [2.75, 3.05) is 13.7 Å². The Bertz CT molecular complexity index is 148. The van der Waals surface area contributed by atoms with Gasteiger partial charge in [0.1, 0.15) is 18.9 Å². The summed E-state index contributed by atoms with van der Waals surface area (Å²) in [6.45, 7) is 1.68. The van der Waals surface area contributed by atoms with Gasteiger partial charge in [-0.1, -0.05) is 0 Å².